The lowest BCUT2D eigenvalue weighted by Gasteiger charge is -2.23. The predicted octanol–water partition coefficient (Wildman–Crippen LogP) is 8.56. The number of hydrogen-bond donors (Lipinski definition) is 1. The summed E-state index contributed by atoms with van der Waals surface area (Å²) in [5.41, 5.74) is 10.1. The Balaban J connectivity index is 1.42. The van der Waals surface area contributed by atoms with Gasteiger partial charge in [-0.25, -0.2) is 14.8 Å². The molecule has 0 fully saturated rings. The van der Waals surface area contributed by atoms with Crippen LogP contribution in [0.2, 0.25) is 0 Å². The summed E-state index contributed by atoms with van der Waals surface area (Å²) in [4.78, 5) is 22.4. The van der Waals surface area contributed by atoms with Crippen molar-refractivity contribution < 1.29 is 9.90 Å². The molecule has 2 aromatic heterocycles. The normalized spacial score (nSPS) is 12.0. The first kappa shape index (κ1) is 28.4. The molecule has 0 atom stereocenters. The minimum Gasteiger partial charge on any atom is -0.478 e. The summed E-state index contributed by atoms with van der Waals surface area (Å²) < 4.78 is 4.48. The number of carboxylic acids is 1. The van der Waals surface area contributed by atoms with E-state index in [2.05, 4.69) is 66.4 Å². The number of rotatable bonds is 7. The van der Waals surface area contributed by atoms with Crippen molar-refractivity contribution in [2.45, 2.75) is 59.4 Å². The summed E-state index contributed by atoms with van der Waals surface area (Å²) >= 11 is 0. The maximum absolute atomic E-state index is 12.4. The van der Waals surface area contributed by atoms with Crippen molar-refractivity contribution in [3.63, 3.8) is 0 Å². The second kappa shape index (κ2) is 10.8. The average Bonchev–Trinajstić information content (AvgIpc) is 3.50. The first-order valence-corrected chi connectivity index (χ1v) is 14.9. The van der Waals surface area contributed by atoms with Gasteiger partial charge in [0.25, 0.3) is 0 Å². The number of benzene rings is 4. The van der Waals surface area contributed by atoms with Crippen molar-refractivity contribution in [1.82, 2.24) is 19.1 Å². The summed E-state index contributed by atoms with van der Waals surface area (Å²) in [5.74, 6) is 1.11. The van der Waals surface area contributed by atoms with Crippen LogP contribution in [0.4, 0.5) is 0 Å². The van der Waals surface area contributed by atoms with Gasteiger partial charge in [-0.2, -0.15) is 0 Å². The Bertz CT molecular complexity index is 1990. The van der Waals surface area contributed by atoms with E-state index in [4.69, 9.17) is 9.97 Å². The quantitative estimate of drug-likeness (QED) is 0.209. The summed E-state index contributed by atoms with van der Waals surface area (Å²) in [5, 5.41) is 10.1. The molecule has 6 aromatic rings. The molecule has 0 aliphatic rings. The van der Waals surface area contributed by atoms with Gasteiger partial charge in [-0.3, -0.25) is 0 Å². The van der Waals surface area contributed by atoms with Crippen molar-refractivity contribution in [1.29, 1.82) is 0 Å². The van der Waals surface area contributed by atoms with E-state index >= 15 is 0 Å². The number of aromatic nitrogens is 4. The van der Waals surface area contributed by atoms with E-state index in [9.17, 15) is 9.90 Å². The molecular weight excluding hydrogens is 532 g/mol. The van der Waals surface area contributed by atoms with Crippen LogP contribution in [0.1, 0.15) is 67.0 Å². The van der Waals surface area contributed by atoms with Crippen LogP contribution in [0, 0.1) is 6.92 Å². The van der Waals surface area contributed by atoms with E-state index in [0.717, 1.165) is 79.9 Å². The topological polar surface area (TPSA) is 72.9 Å². The van der Waals surface area contributed by atoms with Gasteiger partial charge in [-0.15, -0.1) is 0 Å². The third-order valence-electron chi connectivity index (χ3n) is 8.33. The van der Waals surface area contributed by atoms with E-state index in [1.807, 2.05) is 63.2 Å². The molecule has 43 heavy (non-hydrogen) atoms. The summed E-state index contributed by atoms with van der Waals surface area (Å²) in [7, 11) is 2.07. The van der Waals surface area contributed by atoms with Crippen molar-refractivity contribution in [3.8, 4) is 22.5 Å². The highest BCUT2D eigenvalue weighted by atomic mass is 16.4. The molecule has 6 heteroatoms. The molecule has 0 bridgehead atoms. The number of imidazole rings is 2. The number of hydrogen-bond acceptors (Lipinski definition) is 3. The van der Waals surface area contributed by atoms with Crippen LogP contribution in [-0.2, 0) is 25.4 Å². The maximum atomic E-state index is 12.4. The summed E-state index contributed by atoms with van der Waals surface area (Å²) in [6.07, 6.45) is 1.89. The molecule has 1 N–H and O–H groups in total. The fourth-order valence-electron chi connectivity index (χ4n) is 6.18. The van der Waals surface area contributed by atoms with Gasteiger partial charge in [0.15, 0.2) is 0 Å². The molecule has 6 nitrogen and oxygen atoms in total. The highest BCUT2D eigenvalue weighted by Gasteiger charge is 2.25. The minimum atomic E-state index is -0.898. The number of aryl methyl sites for hydroxylation is 3. The van der Waals surface area contributed by atoms with E-state index in [1.165, 1.54) is 0 Å². The van der Waals surface area contributed by atoms with E-state index in [0.29, 0.717) is 12.1 Å². The Labute approximate surface area is 252 Å². The number of nitrogens with zero attached hydrogens (tertiary/aromatic N) is 4. The Morgan fingerprint density at radius 1 is 0.884 bits per heavy atom. The standard InChI is InChI=1S/C37H38N4O2/c1-7-11-32-39-34-23(2)20-26(35-38-29-14-8-9-15-30(29)40(35)6)21-31(34)41(32)22-24-16-18-25(19-17-24)27-12-10-13-28(37(3,4)5)33(27)36(42)43/h8-10,12-21H,7,11,22H2,1-6H3,(H,42,43). The molecular formula is C37H38N4O2. The monoisotopic (exact) mass is 570 g/mol. The SMILES string of the molecule is CCCc1nc2c(C)cc(-c3nc4ccccc4n3C)cc2n1Cc1ccc(-c2cccc(C(C)(C)C)c2C(=O)O)cc1. The van der Waals surface area contributed by atoms with Gasteiger partial charge >= 0.3 is 5.97 Å². The third-order valence-corrected chi connectivity index (χ3v) is 8.33. The zero-order valence-corrected chi connectivity index (χ0v) is 25.8. The summed E-state index contributed by atoms with van der Waals surface area (Å²) in [6.45, 7) is 11.1. The lowest BCUT2D eigenvalue weighted by atomic mass is 9.81. The first-order chi connectivity index (χ1) is 20.6. The van der Waals surface area contributed by atoms with Crippen LogP contribution in [0.25, 0.3) is 44.6 Å². The van der Waals surface area contributed by atoms with E-state index in [1.54, 1.807) is 0 Å². The van der Waals surface area contributed by atoms with Crippen molar-refractivity contribution in [3.05, 3.63) is 107 Å². The minimum absolute atomic E-state index is 0.277. The Hall–Kier alpha value is -4.71. The molecule has 0 saturated carbocycles. The Morgan fingerprint density at radius 3 is 2.30 bits per heavy atom. The molecule has 0 radical (unpaired) electrons. The van der Waals surface area contributed by atoms with Crippen LogP contribution in [0.15, 0.2) is 78.9 Å². The molecule has 0 spiro atoms. The van der Waals surface area contributed by atoms with Crippen LogP contribution in [0.3, 0.4) is 0 Å². The number of carbonyl (C=O) groups is 1. The van der Waals surface area contributed by atoms with Gasteiger partial charge in [-0.1, -0.05) is 82.3 Å². The largest absolute Gasteiger partial charge is 0.478 e. The number of fused-ring (bicyclic) bond motifs is 2. The Kier molecular flexibility index (Phi) is 7.17. The molecule has 0 aliphatic heterocycles. The summed E-state index contributed by atoms with van der Waals surface area (Å²) in [6, 6.07) is 26.7. The van der Waals surface area contributed by atoms with Crippen molar-refractivity contribution in [2.24, 2.45) is 7.05 Å². The smallest absolute Gasteiger partial charge is 0.336 e. The average molecular weight is 571 g/mol. The van der Waals surface area contributed by atoms with Gasteiger partial charge in [0.1, 0.15) is 11.6 Å². The molecule has 0 aliphatic carbocycles. The number of aromatic carboxylic acids is 1. The molecule has 0 amide bonds. The maximum Gasteiger partial charge on any atom is 0.336 e. The zero-order chi connectivity index (χ0) is 30.5. The highest BCUT2D eigenvalue weighted by molar-refractivity contribution is 5.98. The lowest BCUT2D eigenvalue weighted by molar-refractivity contribution is 0.0695. The number of para-hydroxylation sites is 2. The first-order valence-electron chi connectivity index (χ1n) is 14.9. The highest BCUT2D eigenvalue weighted by Crippen LogP contribution is 2.34. The van der Waals surface area contributed by atoms with Crippen LogP contribution >= 0.6 is 0 Å². The molecule has 6 rings (SSSR count). The fraction of sp³-hybridized carbons (Fsp3) is 0.270. The van der Waals surface area contributed by atoms with Gasteiger partial charge in [0, 0.05) is 25.6 Å². The Morgan fingerprint density at radius 2 is 1.63 bits per heavy atom. The van der Waals surface area contributed by atoms with Crippen LogP contribution in [0.5, 0.6) is 0 Å². The zero-order valence-electron chi connectivity index (χ0n) is 25.8. The van der Waals surface area contributed by atoms with Gasteiger partial charge in [0.05, 0.1) is 27.6 Å². The van der Waals surface area contributed by atoms with Gasteiger partial charge in [-0.05, 0) is 70.8 Å². The van der Waals surface area contributed by atoms with E-state index in [-0.39, 0.29) is 5.41 Å². The van der Waals surface area contributed by atoms with Crippen molar-refractivity contribution >= 4 is 28.0 Å². The lowest BCUT2D eigenvalue weighted by Crippen LogP contribution is -2.17. The van der Waals surface area contributed by atoms with Gasteiger partial charge < -0.3 is 14.2 Å². The predicted molar refractivity (Wildman–Crippen MR) is 175 cm³/mol. The van der Waals surface area contributed by atoms with E-state index < -0.39 is 5.97 Å². The number of carboxylic acid groups (broad SMARTS) is 1. The van der Waals surface area contributed by atoms with Crippen LogP contribution in [-0.4, -0.2) is 30.2 Å². The molecule has 2 heterocycles. The van der Waals surface area contributed by atoms with Gasteiger partial charge in [0.2, 0.25) is 0 Å². The molecule has 0 saturated heterocycles. The molecule has 0 unspecified atom stereocenters. The second-order valence-electron chi connectivity index (χ2n) is 12.5. The fourth-order valence-corrected chi connectivity index (χ4v) is 6.18. The van der Waals surface area contributed by atoms with Crippen LogP contribution < -0.4 is 0 Å². The molecule has 218 valence electrons. The third kappa shape index (κ3) is 5.11. The second-order valence-corrected chi connectivity index (χ2v) is 12.5. The molecule has 4 aromatic carbocycles. The van der Waals surface area contributed by atoms with Crippen molar-refractivity contribution in [2.75, 3.05) is 0 Å².